The summed E-state index contributed by atoms with van der Waals surface area (Å²) < 4.78 is 10.1. The number of rotatable bonds is 3. The Bertz CT molecular complexity index is 775. The van der Waals surface area contributed by atoms with Crippen LogP contribution < -0.4 is 5.32 Å². The molecular weight excluding hydrogens is 316 g/mol. The van der Waals surface area contributed by atoms with Crippen LogP contribution in [0.4, 0.5) is 5.88 Å². The molecule has 126 valence electrons. The molecule has 1 aliphatic heterocycles. The minimum absolute atomic E-state index is 0.103. The lowest BCUT2D eigenvalue weighted by Crippen LogP contribution is -2.40. The monoisotopic (exact) mass is 332 g/mol. The van der Waals surface area contributed by atoms with Crippen LogP contribution in [0, 0.1) is 16.0 Å². The van der Waals surface area contributed by atoms with Crippen molar-refractivity contribution < 1.29 is 23.7 Å². The number of hydrogen-bond donors (Lipinski definition) is 1. The van der Waals surface area contributed by atoms with Crippen LogP contribution in [-0.4, -0.2) is 23.8 Å². The number of nitro groups is 1. The van der Waals surface area contributed by atoms with E-state index in [2.05, 4.69) is 11.9 Å². The number of ketones is 1. The third-order valence-electron chi connectivity index (χ3n) is 4.34. The topological polar surface area (TPSA) is 112 Å². The predicted octanol–water partition coefficient (Wildman–Crippen LogP) is 2.18. The minimum Gasteiger partial charge on any atom is -0.468 e. The van der Waals surface area contributed by atoms with Gasteiger partial charge in [0.05, 0.1) is 19.1 Å². The van der Waals surface area contributed by atoms with Crippen molar-refractivity contribution >= 4 is 17.6 Å². The SMILES string of the molecule is C=C1NC2=C(C(=O)CCC2)C(c2ccc([N+](=O)[O-])o2)C1C(=O)OC. The summed E-state index contributed by atoms with van der Waals surface area (Å²) in [5.41, 5.74) is 1.51. The lowest BCUT2D eigenvalue weighted by atomic mass is 9.73. The van der Waals surface area contributed by atoms with Gasteiger partial charge in [-0.25, -0.2) is 0 Å². The Hall–Kier alpha value is -2.90. The van der Waals surface area contributed by atoms with Crippen molar-refractivity contribution in [1.82, 2.24) is 5.32 Å². The number of hydrogen-bond acceptors (Lipinski definition) is 7. The Morgan fingerprint density at radius 3 is 2.83 bits per heavy atom. The molecule has 2 aliphatic rings. The highest BCUT2D eigenvalue weighted by molar-refractivity contribution is 6.00. The van der Waals surface area contributed by atoms with Gasteiger partial charge >= 0.3 is 11.9 Å². The lowest BCUT2D eigenvalue weighted by Gasteiger charge is -2.36. The fraction of sp³-hybridized carbons (Fsp3) is 0.375. The van der Waals surface area contributed by atoms with Crippen LogP contribution in [0.25, 0.3) is 0 Å². The first-order valence-corrected chi connectivity index (χ1v) is 7.48. The lowest BCUT2D eigenvalue weighted by molar-refractivity contribution is -0.402. The zero-order chi connectivity index (χ0) is 17.4. The fourth-order valence-corrected chi connectivity index (χ4v) is 3.31. The number of nitrogens with zero attached hydrogens (tertiary/aromatic N) is 1. The Balaban J connectivity index is 2.15. The van der Waals surface area contributed by atoms with Crippen molar-refractivity contribution in [3.63, 3.8) is 0 Å². The average Bonchev–Trinajstić information content (AvgIpc) is 3.03. The zero-order valence-corrected chi connectivity index (χ0v) is 13.0. The molecule has 1 N–H and O–H groups in total. The van der Waals surface area contributed by atoms with Crippen LogP contribution in [0.3, 0.4) is 0 Å². The molecule has 2 unspecified atom stereocenters. The first-order chi connectivity index (χ1) is 11.4. The quantitative estimate of drug-likeness (QED) is 0.513. The molecule has 0 spiro atoms. The number of Topliss-reactive ketones (excluding diaryl/α,β-unsaturated/α-hetero) is 1. The molecule has 0 bridgehead atoms. The molecule has 1 aromatic heterocycles. The van der Waals surface area contributed by atoms with Gasteiger partial charge in [0.15, 0.2) is 5.78 Å². The van der Waals surface area contributed by atoms with Crippen molar-refractivity contribution in [1.29, 1.82) is 0 Å². The Morgan fingerprint density at radius 2 is 2.21 bits per heavy atom. The number of ether oxygens (including phenoxy) is 1. The van der Waals surface area contributed by atoms with E-state index in [1.165, 1.54) is 19.2 Å². The largest absolute Gasteiger partial charge is 0.468 e. The molecule has 3 rings (SSSR count). The third-order valence-corrected chi connectivity index (χ3v) is 4.34. The van der Waals surface area contributed by atoms with Crippen molar-refractivity contribution in [2.45, 2.75) is 25.2 Å². The fourth-order valence-electron chi connectivity index (χ4n) is 3.31. The molecule has 0 amide bonds. The summed E-state index contributed by atoms with van der Waals surface area (Å²) in [6.45, 7) is 3.87. The number of carbonyl (C=O) groups is 2. The molecule has 0 aromatic carbocycles. The summed E-state index contributed by atoms with van der Waals surface area (Å²) >= 11 is 0. The minimum atomic E-state index is -0.887. The second-order valence-corrected chi connectivity index (χ2v) is 5.73. The van der Waals surface area contributed by atoms with E-state index in [0.717, 1.165) is 0 Å². The van der Waals surface area contributed by atoms with E-state index in [4.69, 9.17) is 9.15 Å². The standard InChI is InChI=1S/C16H16N2O6/c1-8-13(16(20)23-2)15(11-6-7-12(24-11)18(21)22)14-9(17-8)4-3-5-10(14)19/h6-7,13,15,17H,1,3-5H2,2H3. The van der Waals surface area contributed by atoms with Crippen molar-refractivity contribution in [3.8, 4) is 0 Å². The van der Waals surface area contributed by atoms with Gasteiger partial charge < -0.3 is 14.5 Å². The van der Waals surface area contributed by atoms with Gasteiger partial charge in [0.2, 0.25) is 0 Å². The highest BCUT2D eigenvalue weighted by Crippen LogP contribution is 2.45. The van der Waals surface area contributed by atoms with E-state index in [0.29, 0.717) is 36.2 Å². The number of allylic oxidation sites excluding steroid dienone is 2. The van der Waals surface area contributed by atoms with Crippen LogP contribution in [0.2, 0.25) is 0 Å². The maximum atomic E-state index is 12.5. The third kappa shape index (κ3) is 2.49. The van der Waals surface area contributed by atoms with E-state index in [1.54, 1.807) is 0 Å². The van der Waals surface area contributed by atoms with Gasteiger partial charge in [-0.3, -0.25) is 19.7 Å². The molecule has 8 nitrogen and oxygen atoms in total. The summed E-state index contributed by atoms with van der Waals surface area (Å²) in [5.74, 6) is -2.61. The Kier molecular flexibility index (Phi) is 3.96. The van der Waals surface area contributed by atoms with Crippen molar-refractivity contribution in [3.05, 3.63) is 51.6 Å². The summed E-state index contributed by atoms with van der Waals surface area (Å²) in [6.07, 6.45) is 1.71. The van der Waals surface area contributed by atoms with Crippen LogP contribution in [-0.2, 0) is 14.3 Å². The normalized spacial score (nSPS) is 23.5. The number of esters is 1. The van der Waals surface area contributed by atoms with E-state index in [-0.39, 0.29) is 11.5 Å². The van der Waals surface area contributed by atoms with Gasteiger partial charge in [-0.1, -0.05) is 6.58 Å². The summed E-state index contributed by atoms with van der Waals surface area (Å²) in [7, 11) is 1.24. The van der Waals surface area contributed by atoms with Crippen LogP contribution in [0.15, 0.2) is 40.1 Å². The molecule has 8 heteroatoms. The van der Waals surface area contributed by atoms with Gasteiger partial charge in [-0.15, -0.1) is 0 Å². The second-order valence-electron chi connectivity index (χ2n) is 5.73. The van der Waals surface area contributed by atoms with Gasteiger partial charge in [0.1, 0.15) is 16.6 Å². The van der Waals surface area contributed by atoms with Gasteiger partial charge in [0, 0.05) is 23.4 Å². The Morgan fingerprint density at radius 1 is 1.46 bits per heavy atom. The van der Waals surface area contributed by atoms with Crippen LogP contribution in [0.1, 0.15) is 30.9 Å². The first kappa shape index (κ1) is 16.0. The van der Waals surface area contributed by atoms with Crippen molar-refractivity contribution in [2.75, 3.05) is 7.11 Å². The number of carbonyl (C=O) groups excluding carboxylic acids is 2. The number of furan rings is 1. The van der Waals surface area contributed by atoms with Crippen LogP contribution >= 0.6 is 0 Å². The smallest absolute Gasteiger partial charge is 0.433 e. The average molecular weight is 332 g/mol. The predicted molar refractivity (Wildman–Crippen MR) is 81.8 cm³/mol. The molecule has 1 aromatic rings. The second kappa shape index (κ2) is 5.95. The highest BCUT2D eigenvalue weighted by Gasteiger charge is 2.45. The van der Waals surface area contributed by atoms with E-state index in [9.17, 15) is 19.7 Å². The molecule has 24 heavy (non-hydrogen) atoms. The molecule has 0 saturated heterocycles. The van der Waals surface area contributed by atoms with Crippen molar-refractivity contribution in [2.24, 2.45) is 5.92 Å². The summed E-state index contributed by atoms with van der Waals surface area (Å²) in [6, 6.07) is 2.63. The number of methoxy groups -OCH3 is 1. The molecule has 0 radical (unpaired) electrons. The molecule has 0 fully saturated rings. The van der Waals surface area contributed by atoms with Gasteiger partial charge in [-0.05, 0) is 18.9 Å². The summed E-state index contributed by atoms with van der Waals surface area (Å²) in [4.78, 5) is 34.9. The molecule has 2 heterocycles. The van der Waals surface area contributed by atoms with E-state index >= 15 is 0 Å². The first-order valence-electron chi connectivity index (χ1n) is 7.48. The number of nitrogens with one attached hydrogen (secondary N) is 1. The molecule has 2 atom stereocenters. The maximum Gasteiger partial charge on any atom is 0.433 e. The van der Waals surface area contributed by atoms with Crippen LogP contribution in [0.5, 0.6) is 0 Å². The molecular formula is C16H16N2O6. The summed E-state index contributed by atoms with van der Waals surface area (Å²) in [5, 5.41) is 13.9. The maximum absolute atomic E-state index is 12.5. The highest BCUT2D eigenvalue weighted by atomic mass is 16.6. The van der Waals surface area contributed by atoms with Gasteiger partial charge in [-0.2, -0.15) is 0 Å². The van der Waals surface area contributed by atoms with E-state index in [1.807, 2.05) is 0 Å². The van der Waals surface area contributed by atoms with Gasteiger partial charge in [0.25, 0.3) is 0 Å². The van der Waals surface area contributed by atoms with E-state index < -0.39 is 28.6 Å². The Labute approximate surface area is 137 Å². The molecule has 1 aliphatic carbocycles. The zero-order valence-electron chi connectivity index (χ0n) is 13.0. The molecule has 0 saturated carbocycles.